The summed E-state index contributed by atoms with van der Waals surface area (Å²) in [5, 5.41) is 7.18. The van der Waals surface area contributed by atoms with E-state index in [9.17, 15) is 0 Å². The van der Waals surface area contributed by atoms with E-state index in [1.807, 2.05) is 7.05 Å². The number of aryl methyl sites for hydroxylation is 1. The fraction of sp³-hybridized carbons (Fsp3) is 0.650. The number of nitrogens with one attached hydrogen (secondary N) is 2. The van der Waals surface area contributed by atoms with Gasteiger partial charge in [0.15, 0.2) is 5.96 Å². The summed E-state index contributed by atoms with van der Waals surface area (Å²) in [6, 6.07) is 10.0. The molecule has 1 aromatic rings. The molecule has 0 amide bonds. The lowest BCUT2D eigenvalue weighted by Gasteiger charge is -2.29. The average Bonchev–Trinajstić information content (AvgIpc) is 3.29. The van der Waals surface area contributed by atoms with Crippen LogP contribution in [0.25, 0.3) is 0 Å². The molecule has 2 aliphatic rings. The maximum Gasteiger partial charge on any atom is 0.191 e. The molecule has 1 unspecified atom stereocenters. The molecule has 1 aliphatic carbocycles. The van der Waals surface area contributed by atoms with Crippen LogP contribution in [-0.4, -0.2) is 43.6 Å². The van der Waals surface area contributed by atoms with Crippen LogP contribution >= 0.6 is 24.0 Å². The highest BCUT2D eigenvalue weighted by atomic mass is 127. The zero-order valence-electron chi connectivity index (χ0n) is 15.6. The second kappa shape index (κ2) is 10.4. The summed E-state index contributed by atoms with van der Waals surface area (Å²) >= 11 is 0. The first kappa shape index (κ1) is 20.5. The molecule has 1 saturated heterocycles. The number of rotatable bonds is 5. The molecular formula is C20H33IN4. The van der Waals surface area contributed by atoms with E-state index < -0.39 is 0 Å². The van der Waals surface area contributed by atoms with Crippen LogP contribution in [0.5, 0.6) is 0 Å². The summed E-state index contributed by atoms with van der Waals surface area (Å²) < 4.78 is 0. The van der Waals surface area contributed by atoms with E-state index in [1.165, 1.54) is 62.7 Å². The zero-order valence-corrected chi connectivity index (χ0v) is 18.0. The minimum absolute atomic E-state index is 0. The Balaban J connectivity index is 0.00000225. The Bertz CT molecular complexity index is 531. The largest absolute Gasteiger partial charge is 0.354 e. The molecule has 2 N–H and O–H groups in total. The Morgan fingerprint density at radius 1 is 1.12 bits per heavy atom. The van der Waals surface area contributed by atoms with Gasteiger partial charge in [-0.25, -0.2) is 0 Å². The molecule has 0 spiro atoms. The molecule has 4 nitrogen and oxygen atoms in total. The minimum atomic E-state index is 0. The van der Waals surface area contributed by atoms with Crippen molar-refractivity contribution in [3.05, 3.63) is 35.4 Å². The normalized spacial score (nSPS) is 20.3. The molecule has 1 atom stereocenters. The maximum absolute atomic E-state index is 4.43. The van der Waals surface area contributed by atoms with Crippen LogP contribution in [0.4, 0.5) is 0 Å². The number of nitrogens with zero attached hydrogens (tertiary/aromatic N) is 2. The summed E-state index contributed by atoms with van der Waals surface area (Å²) in [5.74, 6) is 0.957. The van der Waals surface area contributed by atoms with E-state index in [0.717, 1.165) is 12.5 Å². The van der Waals surface area contributed by atoms with Crippen LogP contribution in [0.15, 0.2) is 29.3 Å². The molecule has 0 aromatic heterocycles. The first-order chi connectivity index (χ1) is 11.8. The molecule has 25 heavy (non-hydrogen) atoms. The zero-order chi connectivity index (χ0) is 16.8. The summed E-state index contributed by atoms with van der Waals surface area (Å²) in [4.78, 5) is 7.05. The topological polar surface area (TPSA) is 39.7 Å². The van der Waals surface area contributed by atoms with Crippen molar-refractivity contribution in [1.29, 1.82) is 0 Å². The third kappa shape index (κ3) is 5.84. The van der Waals surface area contributed by atoms with Gasteiger partial charge in [-0.05, 0) is 51.3 Å². The predicted molar refractivity (Wildman–Crippen MR) is 117 cm³/mol. The SMILES string of the molecule is CN=C(NCC(c1ccc(C)cc1)N1CCCC1)NC1CCCC1.I. The fourth-order valence-corrected chi connectivity index (χ4v) is 3.95. The smallest absolute Gasteiger partial charge is 0.191 e. The molecule has 1 aromatic carbocycles. The van der Waals surface area contributed by atoms with E-state index >= 15 is 0 Å². The first-order valence-electron chi connectivity index (χ1n) is 9.54. The summed E-state index contributed by atoms with van der Waals surface area (Å²) in [5.41, 5.74) is 2.73. The van der Waals surface area contributed by atoms with E-state index in [-0.39, 0.29) is 24.0 Å². The molecular weight excluding hydrogens is 423 g/mol. The van der Waals surface area contributed by atoms with Crippen LogP contribution < -0.4 is 10.6 Å². The highest BCUT2D eigenvalue weighted by molar-refractivity contribution is 14.0. The van der Waals surface area contributed by atoms with Crippen LogP contribution in [-0.2, 0) is 0 Å². The van der Waals surface area contributed by atoms with E-state index in [2.05, 4.69) is 51.7 Å². The second-order valence-corrected chi connectivity index (χ2v) is 7.25. The molecule has 1 aliphatic heterocycles. The van der Waals surface area contributed by atoms with Crippen LogP contribution in [0.2, 0.25) is 0 Å². The van der Waals surface area contributed by atoms with Gasteiger partial charge in [-0.15, -0.1) is 24.0 Å². The highest BCUT2D eigenvalue weighted by Gasteiger charge is 2.24. The number of hydrogen-bond acceptors (Lipinski definition) is 2. The van der Waals surface area contributed by atoms with Crippen LogP contribution in [0.3, 0.4) is 0 Å². The molecule has 2 fully saturated rings. The average molecular weight is 456 g/mol. The number of hydrogen-bond donors (Lipinski definition) is 2. The quantitative estimate of drug-likeness (QED) is 0.402. The second-order valence-electron chi connectivity index (χ2n) is 7.25. The van der Waals surface area contributed by atoms with Gasteiger partial charge in [0.1, 0.15) is 0 Å². The third-order valence-corrected chi connectivity index (χ3v) is 5.43. The van der Waals surface area contributed by atoms with Crippen molar-refractivity contribution >= 4 is 29.9 Å². The van der Waals surface area contributed by atoms with Gasteiger partial charge in [0.2, 0.25) is 0 Å². The van der Waals surface area contributed by atoms with Gasteiger partial charge in [-0.1, -0.05) is 42.7 Å². The lowest BCUT2D eigenvalue weighted by molar-refractivity contribution is 0.245. The summed E-state index contributed by atoms with van der Waals surface area (Å²) in [7, 11) is 1.88. The lowest BCUT2D eigenvalue weighted by atomic mass is 10.0. The Morgan fingerprint density at radius 3 is 2.36 bits per heavy atom. The van der Waals surface area contributed by atoms with Gasteiger partial charge >= 0.3 is 0 Å². The predicted octanol–water partition coefficient (Wildman–Crippen LogP) is 3.86. The molecule has 1 saturated carbocycles. The van der Waals surface area contributed by atoms with Gasteiger partial charge in [0.25, 0.3) is 0 Å². The van der Waals surface area contributed by atoms with E-state index in [1.54, 1.807) is 0 Å². The lowest BCUT2D eigenvalue weighted by Crippen LogP contribution is -2.45. The van der Waals surface area contributed by atoms with Crippen molar-refractivity contribution < 1.29 is 0 Å². The number of halogens is 1. The summed E-state index contributed by atoms with van der Waals surface area (Å²) in [6.07, 6.45) is 7.86. The fourth-order valence-electron chi connectivity index (χ4n) is 3.95. The first-order valence-corrected chi connectivity index (χ1v) is 9.54. The Kier molecular flexibility index (Phi) is 8.49. The highest BCUT2D eigenvalue weighted by Crippen LogP contribution is 2.25. The Labute approximate surface area is 169 Å². The van der Waals surface area contributed by atoms with Crippen molar-refractivity contribution in [2.24, 2.45) is 4.99 Å². The number of likely N-dealkylation sites (tertiary alicyclic amines) is 1. The van der Waals surface area contributed by atoms with E-state index in [4.69, 9.17) is 0 Å². The van der Waals surface area contributed by atoms with Gasteiger partial charge in [0, 0.05) is 19.6 Å². The monoisotopic (exact) mass is 456 g/mol. The van der Waals surface area contributed by atoms with Crippen molar-refractivity contribution in [1.82, 2.24) is 15.5 Å². The van der Waals surface area contributed by atoms with Gasteiger partial charge < -0.3 is 10.6 Å². The van der Waals surface area contributed by atoms with Gasteiger partial charge in [-0.3, -0.25) is 9.89 Å². The number of guanidine groups is 1. The molecule has 140 valence electrons. The molecule has 0 bridgehead atoms. The van der Waals surface area contributed by atoms with Crippen molar-refractivity contribution in [2.75, 3.05) is 26.7 Å². The van der Waals surface area contributed by atoms with Crippen molar-refractivity contribution in [3.8, 4) is 0 Å². The minimum Gasteiger partial charge on any atom is -0.354 e. The number of aliphatic imine (C=N–C) groups is 1. The molecule has 1 heterocycles. The van der Waals surface area contributed by atoms with Crippen LogP contribution in [0, 0.1) is 6.92 Å². The number of benzene rings is 1. The Morgan fingerprint density at radius 2 is 1.76 bits per heavy atom. The van der Waals surface area contributed by atoms with Crippen molar-refractivity contribution in [2.45, 2.75) is 57.5 Å². The maximum atomic E-state index is 4.43. The third-order valence-electron chi connectivity index (χ3n) is 5.43. The van der Waals surface area contributed by atoms with Gasteiger partial charge in [0.05, 0.1) is 6.04 Å². The summed E-state index contributed by atoms with van der Waals surface area (Å²) in [6.45, 7) is 5.47. The van der Waals surface area contributed by atoms with Crippen LogP contribution in [0.1, 0.15) is 55.7 Å². The van der Waals surface area contributed by atoms with Crippen molar-refractivity contribution in [3.63, 3.8) is 0 Å². The molecule has 3 rings (SSSR count). The molecule has 0 radical (unpaired) electrons. The van der Waals surface area contributed by atoms with E-state index in [0.29, 0.717) is 12.1 Å². The van der Waals surface area contributed by atoms with Gasteiger partial charge in [-0.2, -0.15) is 0 Å². The standard InChI is InChI=1S/C20H32N4.HI/c1-16-9-11-17(12-10-16)19(24-13-5-6-14-24)15-22-20(21-2)23-18-7-3-4-8-18;/h9-12,18-19H,3-8,13-15H2,1-2H3,(H2,21,22,23);1H. The Hall–Kier alpha value is -0.820. The molecule has 5 heteroatoms.